The number of benzene rings is 4. The second-order valence-corrected chi connectivity index (χ2v) is 17.8. The Morgan fingerprint density at radius 2 is 0.881 bits per heavy atom. The third-order valence-electron chi connectivity index (χ3n) is 8.10. The van der Waals surface area contributed by atoms with Gasteiger partial charge in [0.15, 0.2) is 0 Å². The van der Waals surface area contributed by atoms with E-state index >= 15 is 0 Å². The van der Waals surface area contributed by atoms with Crippen molar-refractivity contribution in [2.75, 3.05) is 0 Å². The minimum atomic E-state index is -2.79. The van der Waals surface area contributed by atoms with Crippen LogP contribution in [0.1, 0.15) is 90.1 Å². The fourth-order valence-electron chi connectivity index (χ4n) is 6.25. The van der Waals surface area contributed by atoms with Gasteiger partial charge in [0, 0.05) is 30.0 Å². The molecule has 222 valence electrons. The van der Waals surface area contributed by atoms with Crippen molar-refractivity contribution in [3.8, 4) is 11.1 Å². The molecule has 0 aliphatic heterocycles. The van der Waals surface area contributed by atoms with Crippen LogP contribution in [0.4, 0.5) is 0 Å². The first kappa shape index (κ1) is 36.5. The molecule has 0 aromatic heterocycles. The quantitative estimate of drug-likeness (QED) is 0.195. The molecule has 1 aliphatic carbocycles. The van der Waals surface area contributed by atoms with Gasteiger partial charge in [-0.3, -0.25) is 0 Å². The molecule has 0 heterocycles. The Kier molecular flexibility index (Phi) is 11.4. The zero-order valence-corrected chi connectivity index (χ0v) is 30.8. The predicted molar refractivity (Wildman–Crippen MR) is 187 cm³/mol. The summed E-state index contributed by atoms with van der Waals surface area (Å²) in [5.41, 5.74) is 8.50. The number of rotatable bonds is 4. The number of nitrogens with zero attached hydrogens (tertiary/aromatic N) is 1. The molecule has 0 N–H and O–H groups in total. The molecule has 0 amide bonds. The maximum absolute atomic E-state index is 5.98. The van der Waals surface area contributed by atoms with Crippen molar-refractivity contribution in [1.29, 1.82) is 0 Å². The standard InChI is InChI=1S/C37H44NSi.2ClH.Ti/c1-35(2,3)26-20-22-30-31-23-21-27(36(4,5)6)25-33(31)34(32(30)24-26)39(38-37(7,8)9,28-16-12-10-13-17-28)29-18-14-11-15-19-29;;;/h10-25,34H,1-9H3;2*1H;/q-1;;;. The van der Waals surface area contributed by atoms with E-state index in [1.165, 1.54) is 43.8 Å². The van der Waals surface area contributed by atoms with Gasteiger partial charge in [0.2, 0.25) is 0 Å². The van der Waals surface area contributed by atoms with Crippen LogP contribution in [-0.4, -0.2) is 13.8 Å². The van der Waals surface area contributed by atoms with Gasteiger partial charge in [-0.25, -0.2) is 0 Å². The molecule has 4 aromatic rings. The average Bonchev–Trinajstić information content (AvgIpc) is 3.20. The van der Waals surface area contributed by atoms with Crippen LogP contribution in [0.2, 0.25) is 0 Å². The molecule has 0 fully saturated rings. The van der Waals surface area contributed by atoms with Crippen molar-refractivity contribution in [2.45, 2.75) is 84.2 Å². The van der Waals surface area contributed by atoms with Crippen molar-refractivity contribution in [2.24, 2.45) is 0 Å². The van der Waals surface area contributed by atoms with E-state index in [1.807, 2.05) is 0 Å². The van der Waals surface area contributed by atoms with Crippen molar-refractivity contribution >= 4 is 43.4 Å². The van der Waals surface area contributed by atoms with Gasteiger partial charge in [0.1, 0.15) is 0 Å². The van der Waals surface area contributed by atoms with Gasteiger partial charge in [0.05, 0.1) is 0 Å². The van der Waals surface area contributed by atoms with E-state index in [0.29, 0.717) is 0 Å². The number of fused-ring (bicyclic) bond motifs is 3. The molecule has 0 radical (unpaired) electrons. The zero-order valence-electron chi connectivity index (χ0n) is 26.6. The minimum Gasteiger partial charge on any atom is -0.651 e. The Hall–Kier alpha value is -1.65. The van der Waals surface area contributed by atoms with Gasteiger partial charge < -0.3 is 4.98 Å². The molecule has 4 aromatic carbocycles. The summed E-state index contributed by atoms with van der Waals surface area (Å²) >= 11 is 0. The molecule has 0 bridgehead atoms. The molecule has 0 saturated heterocycles. The van der Waals surface area contributed by atoms with Gasteiger partial charge in [-0.05, 0) is 49.8 Å². The number of halogens is 2. The number of hydrogen-bond acceptors (Lipinski definition) is 0. The van der Waals surface area contributed by atoms with Gasteiger partial charge in [0.25, 0.3) is 0 Å². The van der Waals surface area contributed by atoms with Crippen molar-refractivity contribution in [3.05, 3.63) is 124 Å². The second-order valence-electron chi connectivity index (χ2n) is 14.3. The van der Waals surface area contributed by atoms with Crippen molar-refractivity contribution in [3.63, 3.8) is 0 Å². The summed E-state index contributed by atoms with van der Waals surface area (Å²) in [6.45, 7) is 20.7. The molecule has 1 aliphatic rings. The third-order valence-corrected chi connectivity index (χ3v) is 13.0. The summed E-state index contributed by atoms with van der Waals surface area (Å²) in [5.74, 6) is 0. The molecule has 0 atom stereocenters. The van der Waals surface area contributed by atoms with Crippen LogP contribution in [0.15, 0.2) is 97.1 Å². The Labute approximate surface area is 283 Å². The van der Waals surface area contributed by atoms with Gasteiger partial charge >= 0.3 is 0 Å². The SMILES string of the molecule is CC(C)(C)[N-][Si](c1ccccc1)(c1ccccc1)C1c2cc(C(C)(C)C)ccc2-c2ccc(C(C)(C)C)cc21.Cl.Cl.[Ti]. The predicted octanol–water partition coefficient (Wildman–Crippen LogP) is 9.71. The van der Waals surface area contributed by atoms with Gasteiger partial charge in [-0.15, -0.1) is 30.4 Å². The molecular weight excluding hydrogens is 605 g/mol. The van der Waals surface area contributed by atoms with E-state index in [-0.39, 0.29) is 68.4 Å². The summed E-state index contributed by atoms with van der Waals surface area (Å²) in [6, 6.07) is 36.9. The Morgan fingerprint density at radius 1 is 0.524 bits per heavy atom. The van der Waals surface area contributed by atoms with Crippen molar-refractivity contribution in [1.82, 2.24) is 0 Å². The molecular formula is C37H46Cl2NSiTi-. The normalized spacial score (nSPS) is 13.3. The third kappa shape index (κ3) is 6.85. The van der Waals surface area contributed by atoms with Crippen LogP contribution in [0, 0.1) is 0 Å². The van der Waals surface area contributed by atoms with E-state index in [0.717, 1.165) is 0 Å². The van der Waals surface area contributed by atoms with E-state index in [2.05, 4.69) is 159 Å². The molecule has 0 unspecified atom stereocenters. The van der Waals surface area contributed by atoms with Crippen LogP contribution in [0.5, 0.6) is 0 Å². The second kappa shape index (κ2) is 13.1. The van der Waals surface area contributed by atoms with E-state index in [4.69, 9.17) is 4.98 Å². The molecule has 5 heteroatoms. The fourth-order valence-corrected chi connectivity index (χ4v) is 11.5. The van der Waals surface area contributed by atoms with Crippen LogP contribution >= 0.6 is 24.8 Å². The monoisotopic (exact) mass is 650 g/mol. The summed E-state index contributed by atoms with van der Waals surface area (Å²) in [5, 5.41) is 2.74. The summed E-state index contributed by atoms with van der Waals surface area (Å²) in [4.78, 5) is 5.98. The average molecular weight is 652 g/mol. The van der Waals surface area contributed by atoms with Gasteiger partial charge in [-0.1, -0.05) is 170 Å². The summed E-state index contributed by atoms with van der Waals surface area (Å²) < 4.78 is 0. The number of hydrogen-bond donors (Lipinski definition) is 0. The first-order valence-electron chi connectivity index (χ1n) is 14.4. The maximum Gasteiger partial charge on any atom is 0.0265 e. The first-order chi connectivity index (χ1) is 18.2. The van der Waals surface area contributed by atoms with Crippen molar-refractivity contribution < 1.29 is 21.7 Å². The molecule has 0 saturated carbocycles. The Morgan fingerprint density at radius 3 is 1.19 bits per heavy atom. The molecule has 42 heavy (non-hydrogen) atoms. The zero-order chi connectivity index (χ0) is 28.2. The Balaban J connectivity index is 0.00000205. The molecule has 5 rings (SSSR count). The van der Waals surface area contributed by atoms with Crippen LogP contribution < -0.4 is 10.4 Å². The van der Waals surface area contributed by atoms with E-state index in [9.17, 15) is 0 Å². The minimum absolute atomic E-state index is 0. The van der Waals surface area contributed by atoms with Crippen LogP contribution in [0.3, 0.4) is 0 Å². The molecule has 1 nitrogen and oxygen atoms in total. The largest absolute Gasteiger partial charge is 0.651 e. The smallest absolute Gasteiger partial charge is 0.0265 e. The van der Waals surface area contributed by atoms with Crippen LogP contribution in [-0.2, 0) is 32.5 Å². The van der Waals surface area contributed by atoms with E-state index in [1.54, 1.807) is 0 Å². The molecule has 0 spiro atoms. The maximum atomic E-state index is 5.98. The van der Waals surface area contributed by atoms with Gasteiger partial charge in [-0.2, -0.15) is 0 Å². The Bertz CT molecular complexity index is 1380. The summed E-state index contributed by atoms with van der Waals surface area (Å²) in [6.07, 6.45) is 0. The first-order valence-corrected chi connectivity index (χ1v) is 16.4. The summed E-state index contributed by atoms with van der Waals surface area (Å²) in [7, 11) is -2.79. The van der Waals surface area contributed by atoms with E-state index < -0.39 is 8.24 Å². The fraction of sp³-hybridized carbons (Fsp3) is 0.351. The van der Waals surface area contributed by atoms with Crippen LogP contribution in [0.25, 0.3) is 16.1 Å². The topological polar surface area (TPSA) is 14.1 Å².